The summed E-state index contributed by atoms with van der Waals surface area (Å²) in [7, 11) is 0. The van der Waals surface area contributed by atoms with Crippen LogP contribution in [0.15, 0.2) is 48.1 Å². The summed E-state index contributed by atoms with van der Waals surface area (Å²) in [4.78, 5) is 65.4. The molecule has 0 saturated heterocycles. The van der Waals surface area contributed by atoms with E-state index in [0.29, 0.717) is 50.7 Å². The number of hydrogen-bond acceptors (Lipinski definition) is 10. The highest BCUT2D eigenvalue weighted by Gasteiger charge is 2.68. The highest BCUT2D eigenvalue weighted by molar-refractivity contribution is 6.01. The Morgan fingerprint density at radius 2 is 1.72 bits per heavy atom. The minimum Gasteiger partial charge on any atom is -0.465 e. The van der Waals surface area contributed by atoms with Gasteiger partial charge in [-0.2, -0.15) is 0 Å². The molecule has 0 spiro atoms. The van der Waals surface area contributed by atoms with Crippen molar-refractivity contribution in [1.82, 2.24) is 0 Å². The predicted octanol–water partition coefficient (Wildman–Crippen LogP) is 8.16. The Bertz CT molecular complexity index is 1570. The third-order valence-corrected chi connectivity index (χ3v) is 12.0. The normalized spacial score (nSPS) is 29.9. The number of allylic oxidation sites excluding steroid dienone is 4. The Kier molecular flexibility index (Phi) is 14.8. The molecule has 298 valence electrons. The van der Waals surface area contributed by atoms with Crippen LogP contribution in [0.25, 0.3) is 0 Å². The Balaban J connectivity index is 1.50. The number of unbranched alkanes of at least 4 members (excludes halogenated alkanes) is 3. The number of esters is 2. The minimum atomic E-state index is -1.82. The maximum absolute atomic E-state index is 16.5. The number of rotatable bonds is 15. The molecule has 54 heavy (non-hydrogen) atoms. The van der Waals surface area contributed by atoms with E-state index < -0.39 is 59.1 Å². The van der Waals surface area contributed by atoms with Crippen LogP contribution in [-0.2, 0) is 39.8 Å². The molecule has 0 radical (unpaired) electrons. The molecule has 11 heteroatoms. The number of benzene rings is 1. The molecule has 3 aliphatic carbocycles. The zero-order chi connectivity index (χ0) is 39.7. The van der Waals surface area contributed by atoms with Gasteiger partial charge in [0.25, 0.3) is 0 Å². The maximum Gasteiger partial charge on any atom is 0.514 e. The fraction of sp³-hybridized carbons (Fsp3) is 0.651. The van der Waals surface area contributed by atoms with E-state index in [4.69, 9.17) is 18.9 Å². The third-order valence-electron chi connectivity index (χ3n) is 12.0. The topological polar surface area (TPSA) is 142 Å². The second kappa shape index (κ2) is 18.7. The largest absolute Gasteiger partial charge is 0.514 e. The zero-order valence-electron chi connectivity index (χ0n) is 32.8. The van der Waals surface area contributed by atoms with Gasteiger partial charge >= 0.3 is 18.1 Å². The number of halogens is 1. The molecule has 0 bridgehead atoms. The lowest BCUT2D eigenvalue weighted by Gasteiger charge is -2.49. The summed E-state index contributed by atoms with van der Waals surface area (Å²) in [5.74, 6) is -2.73. The summed E-state index contributed by atoms with van der Waals surface area (Å²) < 4.78 is 38.8. The number of aliphatic hydroxyl groups excluding tert-OH is 1. The molecule has 3 aliphatic rings. The van der Waals surface area contributed by atoms with E-state index in [1.807, 2.05) is 6.92 Å². The predicted molar refractivity (Wildman–Crippen MR) is 200 cm³/mol. The lowest BCUT2D eigenvalue weighted by molar-refractivity contribution is -0.194. The van der Waals surface area contributed by atoms with Crippen molar-refractivity contribution in [1.29, 1.82) is 0 Å². The summed E-state index contributed by atoms with van der Waals surface area (Å²) in [6.07, 6.45) is 6.26. The van der Waals surface area contributed by atoms with Crippen LogP contribution in [-0.4, -0.2) is 65.9 Å². The lowest BCUT2D eigenvalue weighted by Crippen LogP contribution is -2.60. The lowest BCUT2D eigenvalue weighted by atomic mass is 9.60. The van der Waals surface area contributed by atoms with Gasteiger partial charge in [0.05, 0.1) is 18.6 Å². The highest BCUT2D eigenvalue weighted by Crippen LogP contribution is 2.61. The average Bonchev–Trinajstić information content (AvgIpc) is 3.34. The summed E-state index contributed by atoms with van der Waals surface area (Å²) in [6, 6.07) is 6.58. The van der Waals surface area contributed by atoms with Crippen molar-refractivity contribution in [2.75, 3.05) is 13.2 Å². The monoisotopic (exact) mass is 754 g/mol. The van der Waals surface area contributed by atoms with Crippen LogP contribution in [0, 0.1) is 28.6 Å². The summed E-state index contributed by atoms with van der Waals surface area (Å²) in [5, 5.41) is 11.6. The molecule has 4 rings (SSSR count). The first-order valence-corrected chi connectivity index (χ1v) is 19.7. The molecule has 1 N–H and O–H groups in total. The van der Waals surface area contributed by atoms with Crippen molar-refractivity contribution in [3.8, 4) is 5.75 Å². The first-order valence-electron chi connectivity index (χ1n) is 19.7. The number of carbonyl (C=O) groups excluding carboxylic acids is 5. The first-order chi connectivity index (χ1) is 25.6. The Morgan fingerprint density at radius 3 is 2.41 bits per heavy atom. The van der Waals surface area contributed by atoms with Crippen molar-refractivity contribution >= 4 is 29.7 Å². The van der Waals surface area contributed by atoms with E-state index in [1.54, 1.807) is 52.0 Å². The molecule has 1 aromatic rings. The number of Topliss-reactive ketones (excluding diaryl/α,β-unsaturated/α-hetero) is 1. The number of ether oxygens (including phenoxy) is 4. The standard InChI is InChI=1S/C43H59FO10/c1-7-9-11-22-51-39(49)28(3)23-30-16-18-34(19-17-30)53-40(50)52-27-36(47)43(54-37(48)15-10-8-2)29(4)24-32-14-12-13-31-25-33(45)20-21-41(31,5)38(44)35(46)26-42(32,43)6/h16-21,25,28-29,32,35,38,46H,7-15,22-24,26-27H2,1-6H3. The van der Waals surface area contributed by atoms with Crippen molar-refractivity contribution in [2.45, 2.75) is 136 Å². The Labute approximate surface area is 319 Å². The molecule has 10 nitrogen and oxygen atoms in total. The van der Waals surface area contributed by atoms with Gasteiger partial charge < -0.3 is 24.1 Å². The van der Waals surface area contributed by atoms with Crippen LogP contribution in [0.5, 0.6) is 5.75 Å². The van der Waals surface area contributed by atoms with Gasteiger partial charge in [-0.05, 0) is 94.1 Å². The number of aliphatic hydroxyl groups is 1. The van der Waals surface area contributed by atoms with Crippen molar-refractivity contribution in [3.05, 3.63) is 53.6 Å². The third kappa shape index (κ3) is 9.50. The fourth-order valence-corrected chi connectivity index (χ4v) is 8.87. The van der Waals surface area contributed by atoms with Gasteiger partial charge in [-0.3, -0.25) is 19.2 Å². The van der Waals surface area contributed by atoms with E-state index in [0.717, 1.165) is 31.2 Å². The number of carbonyl (C=O) groups is 5. The van der Waals surface area contributed by atoms with E-state index in [1.165, 1.54) is 18.2 Å². The summed E-state index contributed by atoms with van der Waals surface area (Å²) in [6.45, 7) is 10.7. The van der Waals surface area contributed by atoms with Gasteiger partial charge in [-0.1, -0.05) is 77.7 Å². The van der Waals surface area contributed by atoms with Gasteiger partial charge in [0, 0.05) is 23.2 Å². The van der Waals surface area contributed by atoms with Crippen LogP contribution in [0.1, 0.15) is 118 Å². The second-order valence-electron chi connectivity index (χ2n) is 16.0. The maximum atomic E-state index is 16.5. The molecular weight excluding hydrogens is 695 g/mol. The van der Waals surface area contributed by atoms with Crippen molar-refractivity contribution in [2.24, 2.45) is 28.6 Å². The van der Waals surface area contributed by atoms with E-state index >= 15 is 4.39 Å². The molecule has 8 unspecified atom stereocenters. The summed E-state index contributed by atoms with van der Waals surface area (Å²) in [5.41, 5.74) is -2.81. The number of hydrogen-bond donors (Lipinski definition) is 1. The molecule has 2 saturated carbocycles. The SMILES string of the molecule is CCCCCOC(=O)C(C)Cc1ccc(OC(=O)OCC(=O)C2(OC(=O)CCCC)C(C)CC3CCCC4=CC(=O)C=CC4(C)C(F)C(O)CC32C)cc1. The van der Waals surface area contributed by atoms with Crippen molar-refractivity contribution < 1.29 is 52.4 Å². The minimum absolute atomic E-state index is 0.0656. The highest BCUT2D eigenvalue weighted by atomic mass is 19.1. The van der Waals surface area contributed by atoms with Crippen LogP contribution < -0.4 is 4.74 Å². The Morgan fingerprint density at radius 1 is 1.02 bits per heavy atom. The molecule has 0 aromatic heterocycles. The molecule has 0 aliphatic heterocycles. The van der Waals surface area contributed by atoms with Gasteiger partial charge in [-0.15, -0.1) is 0 Å². The second-order valence-corrected chi connectivity index (χ2v) is 16.0. The quantitative estimate of drug-likeness (QED) is 0.0807. The zero-order valence-corrected chi connectivity index (χ0v) is 32.8. The molecule has 0 heterocycles. The van der Waals surface area contributed by atoms with Crippen LogP contribution in [0.4, 0.5) is 9.18 Å². The van der Waals surface area contributed by atoms with Gasteiger partial charge in [0.1, 0.15) is 11.9 Å². The van der Waals surface area contributed by atoms with Gasteiger partial charge in [-0.25, -0.2) is 9.18 Å². The van der Waals surface area contributed by atoms with E-state index in [2.05, 4.69) is 6.92 Å². The fourth-order valence-electron chi connectivity index (χ4n) is 8.87. The van der Waals surface area contributed by atoms with Crippen LogP contribution >= 0.6 is 0 Å². The smallest absolute Gasteiger partial charge is 0.465 e. The molecule has 2 fully saturated rings. The Hall–Kier alpha value is -3.86. The number of ketones is 2. The number of fused-ring (bicyclic) bond motifs is 2. The molecule has 0 amide bonds. The molecule has 1 aromatic carbocycles. The van der Waals surface area contributed by atoms with Gasteiger partial charge in [0.2, 0.25) is 5.78 Å². The van der Waals surface area contributed by atoms with Crippen LogP contribution in [0.2, 0.25) is 0 Å². The van der Waals surface area contributed by atoms with Gasteiger partial charge in [0.15, 0.2) is 18.0 Å². The average molecular weight is 755 g/mol. The molecular formula is C43H59FO10. The van der Waals surface area contributed by atoms with E-state index in [-0.39, 0.29) is 42.2 Å². The molecule has 8 atom stereocenters. The number of alkyl halides is 1. The van der Waals surface area contributed by atoms with Crippen LogP contribution in [0.3, 0.4) is 0 Å². The first kappa shape index (κ1) is 42.9. The van der Waals surface area contributed by atoms with Crippen molar-refractivity contribution in [3.63, 3.8) is 0 Å². The summed E-state index contributed by atoms with van der Waals surface area (Å²) >= 11 is 0. The van der Waals surface area contributed by atoms with E-state index in [9.17, 15) is 29.1 Å².